The molecule has 0 saturated carbocycles. The number of nitrogens with zero attached hydrogens (tertiary/aromatic N) is 4. The second kappa shape index (κ2) is 8.64. The van der Waals surface area contributed by atoms with Crippen LogP contribution >= 0.6 is 0 Å². The van der Waals surface area contributed by atoms with Gasteiger partial charge in [-0.2, -0.15) is 0 Å². The molecule has 2 aromatic heterocycles. The third-order valence-electron chi connectivity index (χ3n) is 7.29. The van der Waals surface area contributed by atoms with Gasteiger partial charge in [-0.3, -0.25) is 4.79 Å². The number of carbonyl (C=O) groups excluding carboxylic acids is 1. The van der Waals surface area contributed by atoms with Gasteiger partial charge >= 0.3 is 0 Å². The normalized spacial score (nSPS) is 16.9. The standard InChI is InChI=1S/C28H29N5O3/c1-28(2)21-6-4-18(14-19(21)15-25(28)34)22-17-33-9-8-29-27(33)26(31-22)30-20-5-7-23(24(16-20)35-3)32-10-12-36-13-11-32/h4-9,14,16-17H,10-13,15H2,1-3H3,(H,30,31). The van der Waals surface area contributed by atoms with Crippen LogP contribution in [-0.2, 0) is 21.4 Å². The first-order chi connectivity index (χ1) is 17.4. The summed E-state index contributed by atoms with van der Waals surface area (Å²) in [5.41, 5.74) is 6.16. The summed E-state index contributed by atoms with van der Waals surface area (Å²) < 4.78 is 13.2. The number of carbonyl (C=O) groups is 1. The number of Topliss-reactive ketones (excluding diaryl/α,β-unsaturated/α-hetero) is 1. The lowest BCUT2D eigenvalue weighted by Gasteiger charge is -2.30. The fourth-order valence-corrected chi connectivity index (χ4v) is 5.17. The first-order valence-corrected chi connectivity index (χ1v) is 12.2. The lowest BCUT2D eigenvalue weighted by atomic mass is 9.85. The molecular weight excluding hydrogens is 454 g/mol. The summed E-state index contributed by atoms with van der Waals surface area (Å²) >= 11 is 0. The predicted octanol–water partition coefficient (Wildman–Crippen LogP) is 4.39. The summed E-state index contributed by atoms with van der Waals surface area (Å²) in [5, 5.41) is 3.45. The van der Waals surface area contributed by atoms with Crippen LogP contribution in [0.2, 0.25) is 0 Å². The van der Waals surface area contributed by atoms with E-state index in [0.717, 1.165) is 58.2 Å². The van der Waals surface area contributed by atoms with Crippen molar-refractivity contribution in [3.05, 3.63) is 66.1 Å². The Kier molecular flexibility index (Phi) is 5.41. The fourth-order valence-electron chi connectivity index (χ4n) is 5.17. The molecule has 1 N–H and O–H groups in total. The molecule has 2 aromatic carbocycles. The lowest BCUT2D eigenvalue weighted by Crippen LogP contribution is -2.36. The zero-order valence-corrected chi connectivity index (χ0v) is 20.7. The Labute approximate surface area is 209 Å². The Morgan fingerprint density at radius 1 is 1.11 bits per heavy atom. The molecule has 1 saturated heterocycles. The van der Waals surface area contributed by atoms with Crippen molar-refractivity contribution < 1.29 is 14.3 Å². The van der Waals surface area contributed by atoms with Crippen LogP contribution in [0.4, 0.5) is 17.2 Å². The number of hydrogen-bond acceptors (Lipinski definition) is 7. The molecular formula is C28H29N5O3. The maximum atomic E-state index is 12.5. The van der Waals surface area contributed by atoms with E-state index in [0.29, 0.717) is 25.5 Å². The van der Waals surface area contributed by atoms with Crippen molar-refractivity contribution >= 4 is 28.6 Å². The van der Waals surface area contributed by atoms with Crippen molar-refractivity contribution in [3.8, 4) is 17.0 Å². The Bertz CT molecular complexity index is 1470. The van der Waals surface area contributed by atoms with Crippen molar-refractivity contribution in [3.63, 3.8) is 0 Å². The van der Waals surface area contributed by atoms with E-state index in [1.165, 1.54) is 0 Å². The van der Waals surface area contributed by atoms with E-state index >= 15 is 0 Å². The first kappa shape index (κ1) is 22.5. The predicted molar refractivity (Wildman–Crippen MR) is 139 cm³/mol. The van der Waals surface area contributed by atoms with Crippen molar-refractivity contribution in [2.45, 2.75) is 25.7 Å². The molecule has 0 spiro atoms. The van der Waals surface area contributed by atoms with Gasteiger partial charge in [0.05, 0.1) is 31.7 Å². The zero-order valence-electron chi connectivity index (χ0n) is 20.7. The first-order valence-electron chi connectivity index (χ1n) is 12.2. The number of morpholine rings is 1. The van der Waals surface area contributed by atoms with E-state index in [9.17, 15) is 4.79 Å². The van der Waals surface area contributed by atoms with Gasteiger partial charge in [0.1, 0.15) is 11.5 Å². The lowest BCUT2D eigenvalue weighted by molar-refractivity contribution is -0.121. The topological polar surface area (TPSA) is 81.0 Å². The molecule has 6 rings (SSSR count). The fraction of sp³-hybridized carbons (Fsp3) is 0.321. The number of ketones is 1. The van der Waals surface area contributed by atoms with Crippen LogP contribution in [0.1, 0.15) is 25.0 Å². The smallest absolute Gasteiger partial charge is 0.180 e. The number of fused-ring (bicyclic) bond motifs is 2. The molecule has 0 bridgehead atoms. The highest BCUT2D eigenvalue weighted by atomic mass is 16.5. The maximum absolute atomic E-state index is 12.5. The Hall–Kier alpha value is -3.91. The van der Waals surface area contributed by atoms with Gasteiger partial charge in [0.2, 0.25) is 0 Å². The number of benzene rings is 2. The average Bonchev–Trinajstić information content (AvgIpc) is 3.46. The van der Waals surface area contributed by atoms with Crippen molar-refractivity contribution in [2.24, 2.45) is 0 Å². The Balaban J connectivity index is 1.35. The van der Waals surface area contributed by atoms with Crippen molar-refractivity contribution in [1.82, 2.24) is 14.4 Å². The highest BCUT2D eigenvalue weighted by molar-refractivity contribution is 5.96. The summed E-state index contributed by atoms with van der Waals surface area (Å²) in [7, 11) is 1.69. The molecule has 2 aliphatic rings. The van der Waals surface area contributed by atoms with Gasteiger partial charge in [-0.05, 0) is 43.2 Å². The molecule has 3 heterocycles. The SMILES string of the molecule is COc1cc(Nc2nc(-c3ccc4c(c3)CC(=O)C4(C)C)cn3ccnc23)ccc1N1CCOCC1. The molecule has 8 heteroatoms. The summed E-state index contributed by atoms with van der Waals surface area (Å²) in [4.78, 5) is 24.2. The molecule has 184 valence electrons. The van der Waals surface area contributed by atoms with Crippen molar-refractivity contribution in [2.75, 3.05) is 43.6 Å². The number of nitrogens with one attached hydrogen (secondary N) is 1. The van der Waals surface area contributed by atoms with Gasteiger partial charge in [0.15, 0.2) is 11.5 Å². The van der Waals surface area contributed by atoms with E-state index in [4.69, 9.17) is 14.5 Å². The van der Waals surface area contributed by atoms with E-state index in [-0.39, 0.29) is 5.78 Å². The third-order valence-corrected chi connectivity index (χ3v) is 7.29. The molecule has 0 amide bonds. The van der Waals surface area contributed by atoms with Crippen molar-refractivity contribution in [1.29, 1.82) is 0 Å². The summed E-state index contributed by atoms with van der Waals surface area (Å²) in [5.74, 6) is 1.70. The summed E-state index contributed by atoms with van der Waals surface area (Å²) in [6.07, 6.45) is 6.11. The molecule has 0 radical (unpaired) electrons. The van der Waals surface area contributed by atoms with Crippen LogP contribution in [0.15, 0.2) is 55.0 Å². The molecule has 8 nitrogen and oxygen atoms in total. The zero-order chi connectivity index (χ0) is 24.9. The van der Waals surface area contributed by atoms with Gasteiger partial charge in [-0.1, -0.05) is 12.1 Å². The minimum absolute atomic E-state index is 0.254. The van der Waals surface area contributed by atoms with E-state index in [1.807, 2.05) is 48.8 Å². The minimum Gasteiger partial charge on any atom is -0.495 e. The highest BCUT2D eigenvalue weighted by Crippen LogP contribution is 2.38. The number of ether oxygens (including phenoxy) is 2. The molecule has 4 aromatic rings. The van der Waals surface area contributed by atoms with Crippen LogP contribution < -0.4 is 15.0 Å². The van der Waals surface area contributed by atoms with E-state index < -0.39 is 5.41 Å². The monoisotopic (exact) mass is 483 g/mol. The number of aromatic nitrogens is 3. The van der Waals surface area contributed by atoms with Gasteiger partial charge in [0.25, 0.3) is 0 Å². The third kappa shape index (κ3) is 3.78. The number of methoxy groups -OCH3 is 1. The van der Waals surface area contributed by atoms with E-state index in [2.05, 4.69) is 33.4 Å². The molecule has 0 unspecified atom stereocenters. The molecule has 1 aliphatic heterocycles. The minimum atomic E-state index is -0.436. The Morgan fingerprint density at radius 3 is 2.75 bits per heavy atom. The number of imidazole rings is 1. The van der Waals surface area contributed by atoms with Gasteiger partial charge in [0, 0.05) is 60.8 Å². The second-order valence-corrected chi connectivity index (χ2v) is 9.84. The summed E-state index contributed by atoms with van der Waals surface area (Å²) in [6.45, 7) is 7.10. The largest absolute Gasteiger partial charge is 0.495 e. The van der Waals surface area contributed by atoms with Gasteiger partial charge in [-0.15, -0.1) is 0 Å². The number of hydrogen-bond donors (Lipinski definition) is 1. The van der Waals surface area contributed by atoms with Gasteiger partial charge in [-0.25, -0.2) is 9.97 Å². The number of rotatable bonds is 5. The maximum Gasteiger partial charge on any atom is 0.180 e. The van der Waals surface area contributed by atoms with Crippen LogP contribution in [-0.4, -0.2) is 53.6 Å². The molecule has 36 heavy (non-hydrogen) atoms. The molecule has 1 fully saturated rings. The average molecular weight is 484 g/mol. The van der Waals surface area contributed by atoms with Crippen LogP contribution in [0.3, 0.4) is 0 Å². The molecule has 0 atom stereocenters. The van der Waals surface area contributed by atoms with Crippen LogP contribution in [0.25, 0.3) is 16.9 Å². The summed E-state index contributed by atoms with van der Waals surface area (Å²) in [6, 6.07) is 12.3. The Morgan fingerprint density at radius 2 is 1.94 bits per heavy atom. The van der Waals surface area contributed by atoms with Crippen LogP contribution in [0, 0.1) is 0 Å². The quantitative estimate of drug-likeness (QED) is 0.451. The van der Waals surface area contributed by atoms with Crippen LogP contribution in [0.5, 0.6) is 5.75 Å². The molecule has 1 aliphatic carbocycles. The number of anilines is 3. The second-order valence-electron chi connectivity index (χ2n) is 9.84. The van der Waals surface area contributed by atoms with E-state index in [1.54, 1.807) is 13.3 Å². The van der Waals surface area contributed by atoms with Gasteiger partial charge < -0.3 is 24.1 Å². The highest BCUT2D eigenvalue weighted by Gasteiger charge is 2.37.